The zero-order valence-corrected chi connectivity index (χ0v) is 16.7. The fraction of sp³-hybridized carbons (Fsp3) is 0.545. The molecule has 6 heteroatoms. The second-order valence-electron chi connectivity index (χ2n) is 8.04. The zero-order chi connectivity index (χ0) is 19.9. The number of piperidine rings is 1. The third kappa shape index (κ3) is 2.65. The molecule has 1 amide bonds. The number of benzene rings is 1. The highest BCUT2D eigenvalue weighted by Gasteiger charge is 2.60. The molecular weight excluding hydrogens is 356 g/mol. The largest absolute Gasteiger partial charge is 0.504 e. The van der Waals surface area contributed by atoms with E-state index < -0.39 is 5.41 Å². The number of nitrogens with one attached hydrogen (secondary N) is 1. The minimum Gasteiger partial charge on any atom is -0.504 e. The summed E-state index contributed by atoms with van der Waals surface area (Å²) in [5, 5.41) is 3.10. The smallest absolute Gasteiger partial charge is 0.337 e. The number of rotatable bonds is 4. The summed E-state index contributed by atoms with van der Waals surface area (Å²) in [5.41, 5.74) is 2.05. The van der Waals surface area contributed by atoms with Crippen molar-refractivity contribution in [3.63, 3.8) is 0 Å². The van der Waals surface area contributed by atoms with Crippen LogP contribution in [0.5, 0.6) is 0 Å². The van der Waals surface area contributed by atoms with Crippen molar-refractivity contribution in [3.05, 3.63) is 41.7 Å². The van der Waals surface area contributed by atoms with E-state index in [-0.39, 0.29) is 23.8 Å². The summed E-state index contributed by atoms with van der Waals surface area (Å²) in [4.78, 5) is 28.1. The van der Waals surface area contributed by atoms with Gasteiger partial charge in [-0.1, -0.05) is 31.5 Å². The highest BCUT2D eigenvalue weighted by Crippen LogP contribution is 2.53. The van der Waals surface area contributed by atoms with Crippen LogP contribution >= 0.6 is 0 Å². The Morgan fingerprint density at radius 3 is 2.86 bits per heavy atom. The SMILES string of the molecule is CCC1CN2CC[C@]3(C(=O)Nc4ccccc43)[C@H]2CC1C(=COC)C(=O)OC. The fourth-order valence-electron chi connectivity index (χ4n) is 5.63. The van der Waals surface area contributed by atoms with Crippen molar-refractivity contribution >= 4 is 17.6 Å². The topological polar surface area (TPSA) is 67.9 Å². The lowest BCUT2D eigenvalue weighted by atomic mass is 9.67. The van der Waals surface area contributed by atoms with Crippen LogP contribution in [-0.2, 0) is 24.5 Å². The Bertz CT molecular complexity index is 821. The molecule has 0 aliphatic carbocycles. The summed E-state index contributed by atoms with van der Waals surface area (Å²) in [6.07, 6.45) is 4.04. The van der Waals surface area contributed by atoms with Crippen LogP contribution < -0.4 is 5.32 Å². The molecular formula is C22H28N2O4. The molecule has 2 fully saturated rings. The third-order valence-electron chi connectivity index (χ3n) is 6.97. The minimum absolute atomic E-state index is 0.00851. The maximum atomic E-state index is 13.2. The first kappa shape index (κ1) is 19.0. The Morgan fingerprint density at radius 2 is 2.14 bits per heavy atom. The van der Waals surface area contributed by atoms with Gasteiger partial charge in [-0.25, -0.2) is 4.79 Å². The van der Waals surface area contributed by atoms with Crippen molar-refractivity contribution in [2.45, 2.75) is 37.6 Å². The van der Waals surface area contributed by atoms with Crippen molar-refractivity contribution in [2.75, 3.05) is 32.6 Å². The number of amides is 1. The molecule has 1 N–H and O–H groups in total. The van der Waals surface area contributed by atoms with Gasteiger partial charge in [0.1, 0.15) is 0 Å². The Labute approximate surface area is 165 Å². The molecule has 1 aromatic carbocycles. The lowest BCUT2D eigenvalue weighted by Gasteiger charge is -2.45. The van der Waals surface area contributed by atoms with Gasteiger partial charge in [-0.15, -0.1) is 0 Å². The Balaban J connectivity index is 1.74. The molecule has 0 saturated carbocycles. The molecule has 1 spiro atoms. The van der Waals surface area contributed by atoms with Gasteiger partial charge in [0.05, 0.1) is 31.5 Å². The van der Waals surface area contributed by atoms with Gasteiger partial charge >= 0.3 is 5.97 Å². The number of hydrogen-bond acceptors (Lipinski definition) is 5. The predicted octanol–water partition coefficient (Wildman–Crippen LogP) is 2.70. The van der Waals surface area contributed by atoms with Crippen molar-refractivity contribution in [1.82, 2.24) is 4.90 Å². The predicted molar refractivity (Wildman–Crippen MR) is 106 cm³/mol. The molecule has 6 nitrogen and oxygen atoms in total. The molecule has 2 saturated heterocycles. The number of anilines is 1. The van der Waals surface area contributed by atoms with E-state index in [0.717, 1.165) is 43.6 Å². The highest BCUT2D eigenvalue weighted by molar-refractivity contribution is 6.07. The molecule has 3 heterocycles. The second-order valence-corrected chi connectivity index (χ2v) is 8.04. The molecule has 0 radical (unpaired) electrons. The molecule has 0 bridgehead atoms. The minimum atomic E-state index is -0.540. The molecule has 3 aliphatic heterocycles. The zero-order valence-electron chi connectivity index (χ0n) is 16.7. The Morgan fingerprint density at radius 1 is 1.36 bits per heavy atom. The third-order valence-corrected chi connectivity index (χ3v) is 6.97. The van der Waals surface area contributed by atoms with Gasteiger partial charge in [0, 0.05) is 18.3 Å². The first-order valence-corrected chi connectivity index (χ1v) is 10.0. The number of hydrogen-bond donors (Lipinski definition) is 1. The maximum absolute atomic E-state index is 13.2. The molecule has 28 heavy (non-hydrogen) atoms. The Hall–Kier alpha value is -2.34. The fourth-order valence-corrected chi connectivity index (χ4v) is 5.63. The van der Waals surface area contributed by atoms with Gasteiger partial charge in [0.25, 0.3) is 0 Å². The summed E-state index contributed by atoms with van der Waals surface area (Å²) < 4.78 is 10.3. The van der Waals surface area contributed by atoms with E-state index in [4.69, 9.17) is 9.47 Å². The highest BCUT2D eigenvalue weighted by atomic mass is 16.5. The average molecular weight is 384 g/mol. The van der Waals surface area contributed by atoms with Gasteiger partial charge in [0.2, 0.25) is 5.91 Å². The lowest BCUT2D eigenvalue weighted by molar-refractivity contribution is -0.137. The Kier molecular flexibility index (Phi) is 4.91. The summed E-state index contributed by atoms with van der Waals surface area (Å²) in [6, 6.07) is 8.07. The van der Waals surface area contributed by atoms with Crippen LogP contribution in [0.25, 0.3) is 0 Å². The van der Waals surface area contributed by atoms with E-state index in [1.54, 1.807) is 7.11 Å². The number of ether oxygens (including phenoxy) is 2. The number of carbonyl (C=O) groups excluding carboxylic acids is 2. The molecule has 1 aromatic rings. The summed E-state index contributed by atoms with van der Waals surface area (Å²) in [6.45, 7) is 3.93. The summed E-state index contributed by atoms with van der Waals surface area (Å²) in [5.74, 6) is 0.0769. The number of carbonyl (C=O) groups is 2. The number of methoxy groups -OCH3 is 2. The van der Waals surface area contributed by atoms with Gasteiger partial charge < -0.3 is 14.8 Å². The van der Waals surface area contributed by atoms with Gasteiger partial charge in [-0.3, -0.25) is 9.69 Å². The number of para-hydroxylation sites is 1. The van der Waals surface area contributed by atoms with Gasteiger partial charge in [-0.05, 0) is 42.9 Å². The van der Waals surface area contributed by atoms with Crippen LogP contribution in [-0.4, -0.2) is 50.1 Å². The number of fused-ring (bicyclic) bond motifs is 4. The summed E-state index contributed by atoms with van der Waals surface area (Å²) >= 11 is 0. The van der Waals surface area contributed by atoms with E-state index in [1.807, 2.05) is 18.2 Å². The van der Waals surface area contributed by atoms with Crippen LogP contribution in [0.2, 0.25) is 0 Å². The van der Waals surface area contributed by atoms with Crippen LogP contribution in [0.4, 0.5) is 5.69 Å². The van der Waals surface area contributed by atoms with Crippen LogP contribution in [0.15, 0.2) is 36.1 Å². The molecule has 3 aliphatic rings. The molecule has 4 atom stereocenters. The number of esters is 1. The van der Waals surface area contributed by atoms with Gasteiger partial charge in [0.15, 0.2) is 0 Å². The van der Waals surface area contributed by atoms with Crippen LogP contribution in [0.1, 0.15) is 31.7 Å². The quantitative estimate of drug-likeness (QED) is 0.491. The van der Waals surface area contributed by atoms with Gasteiger partial charge in [-0.2, -0.15) is 0 Å². The van der Waals surface area contributed by atoms with Crippen LogP contribution in [0, 0.1) is 11.8 Å². The van der Waals surface area contributed by atoms with Crippen LogP contribution in [0.3, 0.4) is 0 Å². The molecule has 2 unspecified atom stereocenters. The normalized spacial score (nSPS) is 32.0. The monoisotopic (exact) mass is 384 g/mol. The first-order chi connectivity index (χ1) is 13.6. The van der Waals surface area contributed by atoms with E-state index in [9.17, 15) is 9.59 Å². The summed E-state index contributed by atoms with van der Waals surface area (Å²) in [7, 11) is 2.95. The second kappa shape index (κ2) is 7.24. The standard InChI is InChI=1S/C22H28N2O4/c1-4-14-12-24-10-9-22(17-7-5-6-8-18(17)23-21(22)26)19(24)11-15(14)16(13-27-2)20(25)28-3/h5-8,13-15,19H,4,9-12H2,1-3H3,(H,23,26)/t14?,15?,19-,22-/m1/s1. The maximum Gasteiger partial charge on any atom is 0.337 e. The molecule has 150 valence electrons. The van der Waals surface area contributed by atoms with E-state index >= 15 is 0 Å². The molecule has 0 aromatic heterocycles. The first-order valence-electron chi connectivity index (χ1n) is 10.0. The average Bonchev–Trinajstić information content (AvgIpc) is 3.23. The van der Waals surface area contributed by atoms with Crippen molar-refractivity contribution in [2.24, 2.45) is 11.8 Å². The lowest BCUT2D eigenvalue weighted by Crippen LogP contribution is -2.53. The van der Waals surface area contributed by atoms with Crippen molar-refractivity contribution in [1.29, 1.82) is 0 Å². The van der Waals surface area contributed by atoms with E-state index in [2.05, 4.69) is 23.2 Å². The van der Waals surface area contributed by atoms with E-state index in [1.165, 1.54) is 13.4 Å². The molecule has 4 rings (SSSR count). The van der Waals surface area contributed by atoms with Crippen molar-refractivity contribution in [3.8, 4) is 0 Å². The van der Waals surface area contributed by atoms with E-state index in [0.29, 0.717) is 11.5 Å². The number of nitrogens with zero attached hydrogens (tertiary/aromatic N) is 1. The van der Waals surface area contributed by atoms with Crippen molar-refractivity contribution < 1.29 is 19.1 Å².